The SMILES string of the molecule is CCOc1cc(C)c(C)cc1C(CN)Cc1c(C)[nH]c2ccccc12. The van der Waals surface area contributed by atoms with Gasteiger partial charge in [-0.05, 0) is 75.0 Å². The molecule has 0 radical (unpaired) electrons. The van der Waals surface area contributed by atoms with Gasteiger partial charge in [0, 0.05) is 22.5 Å². The maximum Gasteiger partial charge on any atom is 0.123 e. The molecular weight excluding hydrogens is 308 g/mol. The molecule has 0 amide bonds. The van der Waals surface area contributed by atoms with Crippen LogP contribution in [0.3, 0.4) is 0 Å². The molecule has 0 saturated carbocycles. The van der Waals surface area contributed by atoms with E-state index in [0.29, 0.717) is 13.2 Å². The Hall–Kier alpha value is -2.26. The number of ether oxygens (including phenoxy) is 1. The lowest BCUT2D eigenvalue weighted by Crippen LogP contribution is -2.17. The highest BCUT2D eigenvalue weighted by Gasteiger charge is 2.20. The van der Waals surface area contributed by atoms with E-state index in [1.165, 1.54) is 38.9 Å². The van der Waals surface area contributed by atoms with E-state index in [4.69, 9.17) is 10.5 Å². The first-order valence-corrected chi connectivity index (χ1v) is 9.05. The van der Waals surface area contributed by atoms with Crippen molar-refractivity contribution in [2.45, 2.75) is 40.0 Å². The summed E-state index contributed by atoms with van der Waals surface area (Å²) in [4.78, 5) is 3.50. The summed E-state index contributed by atoms with van der Waals surface area (Å²) in [6.07, 6.45) is 0.912. The first-order chi connectivity index (χ1) is 12.0. The molecule has 0 spiro atoms. The van der Waals surface area contributed by atoms with Crippen LogP contribution in [0.25, 0.3) is 10.9 Å². The predicted octanol–water partition coefficient (Wildman–Crippen LogP) is 4.78. The number of aryl methyl sites for hydroxylation is 3. The second-order valence-electron chi connectivity index (χ2n) is 6.82. The fraction of sp³-hybridized carbons (Fsp3) is 0.364. The predicted molar refractivity (Wildman–Crippen MR) is 106 cm³/mol. The molecule has 3 rings (SSSR count). The molecule has 0 bridgehead atoms. The van der Waals surface area contributed by atoms with E-state index in [9.17, 15) is 0 Å². The zero-order valence-electron chi connectivity index (χ0n) is 15.6. The van der Waals surface area contributed by atoms with Crippen LogP contribution >= 0.6 is 0 Å². The molecule has 3 nitrogen and oxygen atoms in total. The molecule has 0 aliphatic carbocycles. The van der Waals surface area contributed by atoms with Gasteiger partial charge in [-0.15, -0.1) is 0 Å². The monoisotopic (exact) mass is 336 g/mol. The third-order valence-electron chi connectivity index (χ3n) is 5.13. The Bertz CT molecular complexity index is 879. The van der Waals surface area contributed by atoms with E-state index in [1.54, 1.807) is 0 Å². The highest BCUT2D eigenvalue weighted by molar-refractivity contribution is 5.84. The van der Waals surface area contributed by atoms with E-state index in [2.05, 4.69) is 62.2 Å². The standard InChI is InChI=1S/C22H28N2O/c1-5-25-22-11-15(3)14(2)10-20(22)17(13-23)12-19-16(4)24-21-9-7-6-8-18(19)21/h6-11,17,24H,5,12-13,23H2,1-4H3. The molecule has 3 N–H and O–H groups in total. The van der Waals surface area contributed by atoms with Gasteiger partial charge in [-0.2, -0.15) is 0 Å². The average Bonchev–Trinajstić information content (AvgIpc) is 2.91. The van der Waals surface area contributed by atoms with Crippen molar-refractivity contribution in [2.24, 2.45) is 5.73 Å². The number of benzene rings is 2. The van der Waals surface area contributed by atoms with Crippen molar-refractivity contribution in [1.82, 2.24) is 4.98 Å². The zero-order valence-corrected chi connectivity index (χ0v) is 15.6. The lowest BCUT2D eigenvalue weighted by molar-refractivity contribution is 0.333. The molecule has 3 aromatic rings. The van der Waals surface area contributed by atoms with Crippen molar-refractivity contribution in [2.75, 3.05) is 13.2 Å². The van der Waals surface area contributed by atoms with Gasteiger partial charge in [0.25, 0.3) is 0 Å². The minimum atomic E-state index is 0.235. The van der Waals surface area contributed by atoms with Crippen LogP contribution in [0.5, 0.6) is 5.75 Å². The minimum Gasteiger partial charge on any atom is -0.494 e. The molecule has 3 heteroatoms. The molecule has 0 aliphatic rings. The molecule has 0 saturated heterocycles. The molecule has 132 valence electrons. The summed E-state index contributed by atoms with van der Waals surface area (Å²) in [6, 6.07) is 12.9. The van der Waals surface area contributed by atoms with E-state index in [0.717, 1.165) is 12.2 Å². The summed E-state index contributed by atoms with van der Waals surface area (Å²) in [7, 11) is 0. The number of H-pyrrole nitrogens is 1. The average molecular weight is 336 g/mol. The normalized spacial score (nSPS) is 12.5. The summed E-state index contributed by atoms with van der Waals surface area (Å²) >= 11 is 0. The lowest BCUT2D eigenvalue weighted by Gasteiger charge is -2.21. The van der Waals surface area contributed by atoms with Gasteiger partial charge in [-0.25, -0.2) is 0 Å². The number of nitrogens with one attached hydrogen (secondary N) is 1. The number of rotatable bonds is 6. The van der Waals surface area contributed by atoms with Gasteiger partial charge in [0.15, 0.2) is 0 Å². The van der Waals surface area contributed by atoms with Gasteiger partial charge in [-0.3, -0.25) is 0 Å². The van der Waals surface area contributed by atoms with Gasteiger partial charge in [-0.1, -0.05) is 24.3 Å². The molecule has 1 heterocycles. The van der Waals surface area contributed by atoms with E-state index in [1.807, 2.05) is 6.92 Å². The third kappa shape index (κ3) is 3.42. The van der Waals surface area contributed by atoms with Crippen molar-refractivity contribution in [3.05, 3.63) is 64.3 Å². The quantitative estimate of drug-likeness (QED) is 0.681. The van der Waals surface area contributed by atoms with Gasteiger partial charge in [0.2, 0.25) is 0 Å². The number of hydrogen-bond acceptors (Lipinski definition) is 2. The van der Waals surface area contributed by atoms with Gasteiger partial charge in [0.05, 0.1) is 6.61 Å². The van der Waals surface area contributed by atoms with Crippen LogP contribution < -0.4 is 10.5 Å². The number of nitrogens with two attached hydrogens (primary N) is 1. The van der Waals surface area contributed by atoms with Crippen molar-refractivity contribution in [3.63, 3.8) is 0 Å². The first-order valence-electron chi connectivity index (χ1n) is 9.05. The molecule has 0 fully saturated rings. The second kappa shape index (κ2) is 7.32. The molecule has 1 unspecified atom stereocenters. The van der Waals surface area contributed by atoms with E-state index in [-0.39, 0.29) is 5.92 Å². The Morgan fingerprint density at radius 2 is 1.80 bits per heavy atom. The van der Waals surface area contributed by atoms with Crippen LogP contribution in [0.4, 0.5) is 0 Å². The summed E-state index contributed by atoms with van der Waals surface area (Å²) < 4.78 is 5.93. The molecular formula is C22H28N2O. The van der Waals surface area contributed by atoms with E-state index < -0.39 is 0 Å². The van der Waals surface area contributed by atoms with Crippen LogP contribution in [-0.4, -0.2) is 18.1 Å². The summed E-state index contributed by atoms with van der Waals surface area (Å²) in [5, 5.41) is 1.29. The Labute approximate surface area is 150 Å². The largest absolute Gasteiger partial charge is 0.494 e. The van der Waals surface area contributed by atoms with Crippen LogP contribution in [-0.2, 0) is 6.42 Å². The summed E-state index contributed by atoms with van der Waals surface area (Å²) in [5.41, 5.74) is 13.7. The smallest absolute Gasteiger partial charge is 0.123 e. The second-order valence-corrected chi connectivity index (χ2v) is 6.82. The van der Waals surface area contributed by atoms with E-state index >= 15 is 0 Å². The number of aromatic nitrogens is 1. The maximum atomic E-state index is 6.20. The van der Waals surface area contributed by atoms with Gasteiger partial charge >= 0.3 is 0 Å². The maximum absolute atomic E-state index is 6.20. The Morgan fingerprint density at radius 3 is 2.52 bits per heavy atom. The number of aromatic amines is 1. The number of hydrogen-bond donors (Lipinski definition) is 2. The Morgan fingerprint density at radius 1 is 1.08 bits per heavy atom. The van der Waals surface area contributed by atoms with Crippen LogP contribution in [0.2, 0.25) is 0 Å². The fourth-order valence-corrected chi connectivity index (χ4v) is 3.58. The minimum absolute atomic E-state index is 0.235. The van der Waals surface area contributed by atoms with Crippen LogP contribution in [0.1, 0.15) is 40.8 Å². The highest BCUT2D eigenvalue weighted by Crippen LogP contribution is 2.34. The summed E-state index contributed by atoms with van der Waals surface area (Å²) in [6.45, 7) is 9.72. The molecule has 1 atom stereocenters. The summed E-state index contributed by atoms with van der Waals surface area (Å²) in [5.74, 6) is 1.21. The first kappa shape index (κ1) is 17.6. The molecule has 0 aliphatic heterocycles. The van der Waals surface area contributed by atoms with Gasteiger partial charge in [0.1, 0.15) is 5.75 Å². The highest BCUT2D eigenvalue weighted by atomic mass is 16.5. The molecule has 2 aromatic carbocycles. The van der Waals surface area contributed by atoms with Crippen LogP contribution in [0, 0.1) is 20.8 Å². The zero-order chi connectivity index (χ0) is 18.0. The molecule has 25 heavy (non-hydrogen) atoms. The third-order valence-corrected chi connectivity index (χ3v) is 5.13. The van der Waals surface area contributed by atoms with Crippen molar-refractivity contribution >= 4 is 10.9 Å². The van der Waals surface area contributed by atoms with Crippen molar-refractivity contribution in [1.29, 1.82) is 0 Å². The van der Waals surface area contributed by atoms with Crippen molar-refractivity contribution in [3.8, 4) is 5.75 Å². The lowest BCUT2D eigenvalue weighted by atomic mass is 9.88. The Kier molecular flexibility index (Phi) is 5.14. The van der Waals surface area contributed by atoms with Gasteiger partial charge < -0.3 is 15.5 Å². The van der Waals surface area contributed by atoms with Crippen molar-refractivity contribution < 1.29 is 4.74 Å². The number of fused-ring (bicyclic) bond motifs is 1. The van der Waals surface area contributed by atoms with Crippen LogP contribution in [0.15, 0.2) is 36.4 Å². The topological polar surface area (TPSA) is 51.0 Å². The number of para-hydroxylation sites is 1. The molecule has 1 aromatic heterocycles. The fourth-order valence-electron chi connectivity index (χ4n) is 3.58. The Balaban J connectivity index is 2.03.